The van der Waals surface area contributed by atoms with Crippen molar-refractivity contribution >= 4 is 38.9 Å². The Bertz CT molecular complexity index is 807. The van der Waals surface area contributed by atoms with Crippen LogP contribution >= 0.6 is 11.6 Å². The fraction of sp³-hybridized carbons (Fsp3) is 0.556. The molecule has 1 atom stereocenters. The number of halogens is 1. The summed E-state index contributed by atoms with van der Waals surface area (Å²) in [6, 6.07) is 7.11. The molecule has 9 heteroatoms. The number of piperazine rings is 1. The van der Waals surface area contributed by atoms with Gasteiger partial charge in [0.2, 0.25) is 5.91 Å². The average Bonchev–Trinajstić information content (AvgIpc) is 2.96. The number of rotatable bonds is 5. The number of nitrogens with zero attached hydrogens (tertiary/aromatic N) is 1. The van der Waals surface area contributed by atoms with Gasteiger partial charge in [0.15, 0.2) is 16.4 Å². The van der Waals surface area contributed by atoms with Crippen LogP contribution in [0.3, 0.4) is 0 Å². The van der Waals surface area contributed by atoms with Gasteiger partial charge in [-0.25, -0.2) is 8.42 Å². The minimum absolute atomic E-state index is 0.0247. The number of para-hydroxylation sites is 1. The number of carbonyl (C=O) groups excluding carboxylic acids is 2. The van der Waals surface area contributed by atoms with Crippen molar-refractivity contribution in [2.24, 2.45) is 5.92 Å². The van der Waals surface area contributed by atoms with E-state index in [0.717, 1.165) is 4.90 Å². The third kappa shape index (κ3) is 5.67. The molecule has 0 radical (unpaired) electrons. The minimum Gasteiger partial charge on any atom is -0.331 e. The number of hydrogen-bond donors (Lipinski definition) is 2. The standard InChI is InChI=1S/C18H24ClN3O4S/c19-15-3-1-2-4-16(15)20-17(23)12-21-6-8-22(9-7-21)18(24)11-14-5-10-27(25,26)13-14/h1-4,14H,5-13H2,(H,20,23)/p+1/t14-/m1/s1. The van der Waals surface area contributed by atoms with E-state index in [1.165, 1.54) is 0 Å². The molecule has 2 heterocycles. The summed E-state index contributed by atoms with van der Waals surface area (Å²) in [6.07, 6.45) is 0.892. The molecule has 2 fully saturated rings. The zero-order valence-electron chi connectivity index (χ0n) is 15.1. The lowest BCUT2D eigenvalue weighted by Gasteiger charge is -2.32. The molecule has 0 unspecified atom stereocenters. The summed E-state index contributed by atoms with van der Waals surface area (Å²) in [7, 11) is -2.95. The van der Waals surface area contributed by atoms with Crippen LogP contribution in [-0.2, 0) is 19.4 Å². The van der Waals surface area contributed by atoms with Gasteiger partial charge in [-0.3, -0.25) is 9.59 Å². The van der Waals surface area contributed by atoms with E-state index in [1.54, 1.807) is 23.1 Å². The second-order valence-corrected chi connectivity index (χ2v) is 9.94. The first-order valence-electron chi connectivity index (χ1n) is 9.18. The first-order valence-corrected chi connectivity index (χ1v) is 11.4. The maximum Gasteiger partial charge on any atom is 0.279 e. The Hall–Kier alpha value is -1.64. The monoisotopic (exact) mass is 414 g/mol. The Labute approximate surface area is 164 Å². The largest absolute Gasteiger partial charge is 0.331 e. The topological polar surface area (TPSA) is 88.0 Å². The van der Waals surface area contributed by atoms with Gasteiger partial charge in [-0.15, -0.1) is 0 Å². The molecule has 1 aromatic carbocycles. The van der Waals surface area contributed by atoms with Crippen molar-refractivity contribution in [1.82, 2.24) is 4.90 Å². The number of carbonyl (C=O) groups is 2. The molecule has 2 saturated heterocycles. The Balaban J connectivity index is 1.41. The first kappa shape index (κ1) is 20.1. The highest BCUT2D eigenvalue weighted by atomic mass is 35.5. The predicted octanol–water partition coefficient (Wildman–Crippen LogP) is -0.170. The smallest absolute Gasteiger partial charge is 0.279 e. The van der Waals surface area contributed by atoms with Crippen LogP contribution in [-0.4, -0.2) is 69.4 Å². The van der Waals surface area contributed by atoms with E-state index in [-0.39, 0.29) is 29.2 Å². The molecule has 7 nitrogen and oxygen atoms in total. The number of benzene rings is 1. The summed E-state index contributed by atoms with van der Waals surface area (Å²) in [6.45, 7) is 2.91. The summed E-state index contributed by atoms with van der Waals surface area (Å²) in [4.78, 5) is 27.5. The maximum atomic E-state index is 12.4. The van der Waals surface area contributed by atoms with Gasteiger partial charge in [0.05, 0.1) is 48.4 Å². The SMILES string of the molecule is O=C(C[NH+]1CCN(C(=O)C[C@H]2CCS(=O)(=O)C2)CC1)Nc1ccccc1Cl. The predicted molar refractivity (Wildman–Crippen MR) is 104 cm³/mol. The summed E-state index contributed by atoms with van der Waals surface area (Å²) in [5, 5.41) is 3.32. The maximum absolute atomic E-state index is 12.4. The lowest BCUT2D eigenvalue weighted by molar-refractivity contribution is -0.895. The van der Waals surface area contributed by atoms with Gasteiger partial charge in [0.25, 0.3) is 5.91 Å². The molecule has 0 aromatic heterocycles. The lowest BCUT2D eigenvalue weighted by atomic mass is 10.0. The molecule has 0 saturated carbocycles. The quantitative estimate of drug-likeness (QED) is 0.700. The number of quaternary nitrogens is 1. The van der Waals surface area contributed by atoms with Crippen LogP contribution in [0.2, 0.25) is 5.02 Å². The zero-order chi connectivity index (χ0) is 19.4. The molecular formula is C18H25ClN3O4S+. The van der Waals surface area contributed by atoms with Crippen LogP contribution in [0.4, 0.5) is 5.69 Å². The van der Waals surface area contributed by atoms with Crippen molar-refractivity contribution in [3.8, 4) is 0 Å². The second-order valence-electron chi connectivity index (χ2n) is 7.31. The summed E-state index contributed by atoms with van der Waals surface area (Å²) in [5.74, 6) is 0.204. The van der Waals surface area contributed by atoms with E-state index >= 15 is 0 Å². The molecule has 27 heavy (non-hydrogen) atoms. The zero-order valence-corrected chi connectivity index (χ0v) is 16.7. The normalized spacial score (nSPS) is 22.6. The van der Waals surface area contributed by atoms with E-state index in [4.69, 9.17) is 11.6 Å². The van der Waals surface area contributed by atoms with Crippen LogP contribution in [0.15, 0.2) is 24.3 Å². The molecule has 0 spiro atoms. The van der Waals surface area contributed by atoms with E-state index in [0.29, 0.717) is 56.3 Å². The van der Waals surface area contributed by atoms with Gasteiger partial charge >= 0.3 is 0 Å². The highest BCUT2D eigenvalue weighted by molar-refractivity contribution is 7.91. The number of nitrogens with one attached hydrogen (secondary N) is 2. The van der Waals surface area contributed by atoms with E-state index in [1.807, 2.05) is 6.07 Å². The number of hydrogen-bond acceptors (Lipinski definition) is 4. The molecular weight excluding hydrogens is 390 g/mol. The summed E-state index contributed by atoms with van der Waals surface area (Å²) >= 11 is 6.05. The fourth-order valence-electron chi connectivity index (χ4n) is 3.64. The van der Waals surface area contributed by atoms with Crippen LogP contribution in [0.1, 0.15) is 12.8 Å². The van der Waals surface area contributed by atoms with Crippen molar-refractivity contribution in [2.75, 3.05) is 49.5 Å². The van der Waals surface area contributed by atoms with Crippen molar-refractivity contribution in [1.29, 1.82) is 0 Å². The Morgan fingerprint density at radius 2 is 1.93 bits per heavy atom. The summed E-state index contributed by atoms with van der Waals surface area (Å²) in [5.41, 5.74) is 0.601. The number of anilines is 1. The van der Waals surface area contributed by atoms with Gasteiger partial charge < -0.3 is 15.1 Å². The van der Waals surface area contributed by atoms with Crippen LogP contribution < -0.4 is 10.2 Å². The highest BCUT2D eigenvalue weighted by Gasteiger charge is 2.32. The third-order valence-electron chi connectivity index (χ3n) is 5.17. The van der Waals surface area contributed by atoms with Crippen LogP contribution in [0.25, 0.3) is 0 Å². The van der Waals surface area contributed by atoms with Crippen molar-refractivity contribution < 1.29 is 22.9 Å². The number of amides is 2. The van der Waals surface area contributed by atoms with Gasteiger partial charge in [0.1, 0.15) is 0 Å². The van der Waals surface area contributed by atoms with Gasteiger partial charge in [-0.2, -0.15) is 0 Å². The van der Waals surface area contributed by atoms with E-state index < -0.39 is 9.84 Å². The highest BCUT2D eigenvalue weighted by Crippen LogP contribution is 2.22. The first-order chi connectivity index (χ1) is 12.8. The van der Waals surface area contributed by atoms with E-state index in [2.05, 4.69) is 5.32 Å². The molecule has 2 aliphatic heterocycles. The minimum atomic E-state index is -2.95. The van der Waals surface area contributed by atoms with E-state index in [9.17, 15) is 18.0 Å². The lowest BCUT2D eigenvalue weighted by Crippen LogP contribution is -3.15. The van der Waals surface area contributed by atoms with Crippen molar-refractivity contribution in [3.05, 3.63) is 29.3 Å². The second kappa shape index (κ2) is 8.58. The van der Waals surface area contributed by atoms with Crippen molar-refractivity contribution in [3.63, 3.8) is 0 Å². The van der Waals surface area contributed by atoms with Gasteiger partial charge in [-0.1, -0.05) is 23.7 Å². The third-order valence-corrected chi connectivity index (χ3v) is 7.34. The number of sulfone groups is 1. The fourth-order valence-corrected chi connectivity index (χ4v) is 5.69. The molecule has 2 N–H and O–H groups in total. The van der Waals surface area contributed by atoms with Gasteiger partial charge in [0, 0.05) is 6.42 Å². The average molecular weight is 415 g/mol. The van der Waals surface area contributed by atoms with Crippen LogP contribution in [0.5, 0.6) is 0 Å². The Morgan fingerprint density at radius 3 is 2.56 bits per heavy atom. The van der Waals surface area contributed by atoms with Crippen LogP contribution in [0, 0.1) is 5.92 Å². The Kier molecular flexibility index (Phi) is 6.39. The summed E-state index contributed by atoms with van der Waals surface area (Å²) < 4.78 is 23.0. The molecule has 2 aliphatic rings. The molecule has 0 aliphatic carbocycles. The molecule has 1 aromatic rings. The molecule has 2 amide bonds. The molecule has 3 rings (SSSR count). The van der Waals surface area contributed by atoms with Gasteiger partial charge in [-0.05, 0) is 24.5 Å². The Morgan fingerprint density at radius 1 is 1.22 bits per heavy atom. The molecule has 148 valence electrons. The van der Waals surface area contributed by atoms with Crippen molar-refractivity contribution in [2.45, 2.75) is 12.8 Å². The molecule has 0 bridgehead atoms.